The van der Waals surface area contributed by atoms with Gasteiger partial charge in [0.25, 0.3) is 5.91 Å². The SMILES string of the molecule is CCN1C(=O)N/C(=C/c2ccc(C(=O)O)cc2)C1=O. The summed E-state index contributed by atoms with van der Waals surface area (Å²) in [6.07, 6.45) is 1.52. The van der Waals surface area contributed by atoms with Crippen LogP contribution < -0.4 is 5.32 Å². The Morgan fingerprint density at radius 1 is 1.32 bits per heavy atom. The Balaban J connectivity index is 2.25. The van der Waals surface area contributed by atoms with Crippen LogP contribution in [0.4, 0.5) is 4.79 Å². The smallest absolute Gasteiger partial charge is 0.335 e. The molecule has 1 fully saturated rings. The Bertz CT molecular complexity index is 575. The molecule has 1 heterocycles. The first-order valence-corrected chi connectivity index (χ1v) is 5.71. The first-order valence-electron chi connectivity index (χ1n) is 5.71. The van der Waals surface area contributed by atoms with Gasteiger partial charge in [-0.05, 0) is 30.7 Å². The molecule has 98 valence electrons. The van der Waals surface area contributed by atoms with E-state index in [0.29, 0.717) is 12.1 Å². The summed E-state index contributed by atoms with van der Waals surface area (Å²) in [6.45, 7) is 2.02. The second kappa shape index (κ2) is 4.93. The van der Waals surface area contributed by atoms with E-state index in [1.54, 1.807) is 19.1 Å². The van der Waals surface area contributed by atoms with Crippen molar-refractivity contribution in [3.05, 3.63) is 41.1 Å². The Labute approximate surface area is 109 Å². The fourth-order valence-electron chi connectivity index (χ4n) is 1.75. The molecule has 3 amide bonds. The van der Waals surface area contributed by atoms with Crippen molar-refractivity contribution in [2.75, 3.05) is 6.54 Å². The molecule has 1 aromatic rings. The highest BCUT2D eigenvalue weighted by Crippen LogP contribution is 2.14. The number of urea groups is 1. The minimum atomic E-state index is -1.01. The zero-order chi connectivity index (χ0) is 14.0. The van der Waals surface area contributed by atoms with Crippen molar-refractivity contribution in [1.29, 1.82) is 0 Å². The minimum Gasteiger partial charge on any atom is -0.478 e. The number of nitrogens with one attached hydrogen (secondary N) is 1. The van der Waals surface area contributed by atoms with Gasteiger partial charge in [-0.1, -0.05) is 12.1 Å². The molecule has 1 aromatic carbocycles. The van der Waals surface area contributed by atoms with Crippen LogP contribution in [0.1, 0.15) is 22.8 Å². The zero-order valence-corrected chi connectivity index (χ0v) is 10.2. The number of aromatic carboxylic acids is 1. The predicted molar refractivity (Wildman–Crippen MR) is 67.3 cm³/mol. The molecule has 0 radical (unpaired) electrons. The van der Waals surface area contributed by atoms with Crippen molar-refractivity contribution in [2.45, 2.75) is 6.92 Å². The van der Waals surface area contributed by atoms with E-state index in [9.17, 15) is 14.4 Å². The fraction of sp³-hybridized carbons (Fsp3) is 0.154. The number of carboxylic acid groups (broad SMARTS) is 1. The Hall–Kier alpha value is -2.63. The average Bonchev–Trinajstić information content (AvgIpc) is 2.64. The third kappa shape index (κ3) is 2.47. The van der Waals surface area contributed by atoms with Crippen molar-refractivity contribution in [1.82, 2.24) is 10.2 Å². The van der Waals surface area contributed by atoms with Crippen LogP contribution >= 0.6 is 0 Å². The van der Waals surface area contributed by atoms with Crippen LogP contribution in [0, 0.1) is 0 Å². The van der Waals surface area contributed by atoms with E-state index in [-0.39, 0.29) is 17.2 Å². The number of likely N-dealkylation sites (N-methyl/N-ethyl adjacent to an activating group) is 1. The van der Waals surface area contributed by atoms with E-state index in [2.05, 4.69) is 5.32 Å². The predicted octanol–water partition coefficient (Wildman–Crippen LogP) is 1.30. The van der Waals surface area contributed by atoms with E-state index in [1.807, 2.05) is 0 Å². The highest BCUT2D eigenvalue weighted by atomic mass is 16.4. The van der Waals surface area contributed by atoms with Gasteiger partial charge in [-0.15, -0.1) is 0 Å². The van der Waals surface area contributed by atoms with Crippen LogP contribution in [-0.2, 0) is 4.79 Å². The number of benzene rings is 1. The molecule has 0 unspecified atom stereocenters. The largest absolute Gasteiger partial charge is 0.478 e. The van der Waals surface area contributed by atoms with Crippen molar-refractivity contribution in [2.24, 2.45) is 0 Å². The standard InChI is InChI=1S/C13H12N2O4/c1-2-15-11(16)10(14-13(15)19)7-8-3-5-9(6-4-8)12(17)18/h3-7H,2H2,1H3,(H,14,19)(H,17,18)/b10-7+. The molecule has 1 aliphatic rings. The lowest BCUT2D eigenvalue weighted by Gasteiger charge is -2.06. The molecule has 2 N–H and O–H groups in total. The number of carbonyl (C=O) groups is 3. The van der Waals surface area contributed by atoms with Gasteiger partial charge in [-0.2, -0.15) is 0 Å². The van der Waals surface area contributed by atoms with Gasteiger partial charge in [-0.25, -0.2) is 9.59 Å². The van der Waals surface area contributed by atoms with Crippen molar-refractivity contribution < 1.29 is 19.5 Å². The summed E-state index contributed by atoms with van der Waals surface area (Å²) in [7, 11) is 0. The van der Waals surface area contributed by atoms with Crippen molar-refractivity contribution in [3.63, 3.8) is 0 Å². The number of imide groups is 1. The van der Waals surface area contributed by atoms with Crippen LogP contribution in [0.5, 0.6) is 0 Å². The fourth-order valence-corrected chi connectivity index (χ4v) is 1.75. The van der Waals surface area contributed by atoms with E-state index in [0.717, 1.165) is 4.90 Å². The quantitative estimate of drug-likeness (QED) is 0.633. The van der Waals surface area contributed by atoms with Crippen LogP contribution in [0.15, 0.2) is 30.0 Å². The van der Waals surface area contributed by atoms with Crippen LogP contribution in [-0.4, -0.2) is 34.5 Å². The molecule has 1 aliphatic heterocycles. The number of rotatable bonds is 3. The van der Waals surface area contributed by atoms with E-state index in [4.69, 9.17) is 5.11 Å². The normalized spacial score (nSPS) is 16.9. The van der Waals surface area contributed by atoms with Crippen molar-refractivity contribution in [3.8, 4) is 0 Å². The Kier molecular flexibility index (Phi) is 3.33. The van der Waals surface area contributed by atoms with Gasteiger partial charge in [0.2, 0.25) is 0 Å². The van der Waals surface area contributed by atoms with Gasteiger partial charge in [0.1, 0.15) is 5.70 Å². The summed E-state index contributed by atoms with van der Waals surface area (Å²) in [5, 5.41) is 11.2. The molecule has 0 atom stereocenters. The number of carbonyl (C=O) groups excluding carboxylic acids is 2. The summed E-state index contributed by atoms with van der Waals surface area (Å²) in [6, 6.07) is 5.58. The molecule has 2 rings (SSSR count). The highest BCUT2D eigenvalue weighted by molar-refractivity contribution is 6.13. The van der Waals surface area contributed by atoms with Crippen LogP contribution in [0.3, 0.4) is 0 Å². The number of nitrogens with zero attached hydrogens (tertiary/aromatic N) is 1. The van der Waals surface area contributed by atoms with Gasteiger partial charge >= 0.3 is 12.0 Å². The first kappa shape index (κ1) is 12.8. The summed E-state index contributed by atoms with van der Waals surface area (Å²) in [5.74, 6) is -1.39. The molecule has 0 spiro atoms. The van der Waals surface area contributed by atoms with Crippen LogP contribution in [0.25, 0.3) is 6.08 Å². The maximum Gasteiger partial charge on any atom is 0.335 e. The van der Waals surface area contributed by atoms with Crippen LogP contribution in [0.2, 0.25) is 0 Å². The number of carboxylic acids is 1. The summed E-state index contributed by atoms with van der Waals surface area (Å²) in [4.78, 5) is 35.0. The number of amides is 3. The van der Waals surface area contributed by atoms with E-state index in [1.165, 1.54) is 18.2 Å². The lowest BCUT2D eigenvalue weighted by molar-refractivity contribution is -0.122. The lowest BCUT2D eigenvalue weighted by atomic mass is 10.1. The Morgan fingerprint density at radius 2 is 1.95 bits per heavy atom. The average molecular weight is 260 g/mol. The molecule has 0 saturated carbocycles. The zero-order valence-electron chi connectivity index (χ0n) is 10.2. The molecule has 0 bridgehead atoms. The maximum absolute atomic E-state index is 11.8. The van der Waals surface area contributed by atoms with Gasteiger partial charge in [0, 0.05) is 6.54 Å². The third-order valence-electron chi connectivity index (χ3n) is 2.75. The first-order chi connectivity index (χ1) is 9.02. The number of hydrogen-bond acceptors (Lipinski definition) is 3. The molecule has 6 nitrogen and oxygen atoms in total. The lowest BCUT2D eigenvalue weighted by Crippen LogP contribution is -2.30. The maximum atomic E-state index is 11.8. The molecule has 6 heteroatoms. The van der Waals surface area contributed by atoms with Gasteiger partial charge in [0.15, 0.2) is 0 Å². The summed E-state index contributed by atoms with van der Waals surface area (Å²) < 4.78 is 0. The third-order valence-corrected chi connectivity index (χ3v) is 2.75. The van der Waals surface area contributed by atoms with E-state index < -0.39 is 12.0 Å². The van der Waals surface area contributed by atoms with Crippen molar-refractivity contribution >= 4 is 24.0 Å². The van der Waals surface area contributed by atoms with Gasteiger partial charge in [-0.3, -0.25) is 9.69 Å². The summed E-state index contributed by atoms with van der Waals surface area (Å²) >= 11 is 0. The highest BCUT2D eigenvalue weighted by Gasteiger charge is 2.31. The minimum absolute atomic E-state index is 0.166. The molecule has 1 saturated heterocycles. The number of hydrogen-bond donors (Lipinski definition) is 2. The molecule has 0 aromatic heterocycles. The summed E-state index contributed by atoms with van der Waals surface area (Å²) in [5.41, 5.74) is 1.00. The van der Waals surface area contributed by atoms with Gasteiger partial charge in [0.05, 0.1) is 5.56 Å². The molecule has 19 heavy (non-hydrogen) atoms. The van der Waals surface area contributed by atoms with Gasteiger partial charge < -0.3 is 10.4 Å². The topological polar surface area (TPSA) is 86.7 Å². The van der Waals surface area contributed by atoms with E-state index >= 15 is 0 Å². The molecular weight excluding hydrogens is 248 g/mol. The Morgan fingerprint density at radius 3 is 2.42 bits per heavy atom. The molecule has 0 aliphatic carbocycles. The monoisotopic (exact) mass is 260 g/mol. The molecular formula is C13H12N2O4. The second-order valence-electron chi connectivity index (χ2n) is 3.96. The second-order valence-corrected chi connectivity index (χ2v) is 3.96.